The second-order valence-corrected chi connectivity index (χ2v) is 11.1. The fourth-order valence-electron chi connectivity index (χ4n) is 4.36. The summed E-state index contributed by atoms with van der Waals surface area (Å²) < 4.78 is 25.2. The lowest BCUT2D eigenvalue weighted by molar-refractivity contribution is -0.140. The van der Waals surface area contributed by atoms with Crippen LogP contribution in [0.5, 0.6) is 5.75 Å². The van der Waals surface area contributed by atoms with Crippen molar-refractivity contribution in [2.45, 2.75) is 25.5 Å². The van der Waals surface area contributed by atoms with Crippen LogP contribution in [0, 0.1) is 5.92 Å². The molecule has 0 fully saturated rings. The smallest absolute Gasteiger partial charge is 0.304 e. The molecule has 1 amide bonds. The number of aliphatic carboxylic acids is 1. The number of benzene rings is 3. The van der Waals surface area contributed by atoms with Gasteiger partial charge in [-0.1, -0.05) is 36.4 Å². The van der Waals surface area contributed by atoms with Crippen molar-refractivity contribution in [1.29, 1.82) is 0 Å². The Morgan fingerprint density at radius 2 is 1.79 bits per heavy atom. The molecule has 1 heterocycles. The number of anilines is 2. The van der Waals surface area contributed by atoms with Crippen molar-refractivity contribution in [3.8, 4) is 16.9 Å². The van der Waals surface area contributed by atoms with Gasteiger partial charge in [-0.15, -0.1) is 0 Å². The van der Waals surface area contributed by atoms with Crippen molar-refractivity contribution >= 4 is 33.3 Å². The maximum atomic E-state index is 12.1. The highest BCUT2D eigenvalue weighted by molar-refractivity contribution is 7.92. The highest BCUT2D eigenvalue weighted by Crippen LogP contribution is 2.32. The molecule has 11 heteroatoms. The molecule has 6 N–H and O–H groups in total. The van der Waals surface area contributed by atoms with Crippen LogP contribution in [-0.4, -0.2) is 48.4 Å². The summed E-state index contributed by atoms with van der Waals surface area (Å²) in [7, 11) is -3.58. The number of hydrogen-bond acceptors (Lipinski definition) is 7. The van der Waals surface area contributed by atoms with E-state index >= 15 is 0 Å². The molecule has 0 bridgehead atoms. The van der Waals surface area contributed by atoms with Crippen molar-refractivity contribution in [3.05, 3.63) is 77.4 Å². The topological polar surface area (TPSA) is 165 Å². The Bertz CT molecular complexity index is 1460. The molecule has 3 aromatic carbocycles. The third-order valence-corrected chi connectivity index (χ3v) is 6.87. The van der Waals surface area contributed by atoms with Gasteiger partial charge in [0.2, 0.25) is 15.9 Å². The number of amides is 1. The molecule has 1 aliphatic rings. The molecular formula is C27H29N3O7S. The summed E-state index contributed by atoms with van der Waals surface area (Å²) in [6.07, 6.45) is 0.219. The number of phenolic OH excluding ortho intramolecular Hbond substituents is 1. The highest BCUT2D eigenvalue weighted by Gasteiger charge is 2.28. The lowest BCUT2D eigenvalue weighted by Crippen LogP contribution is -2.31. The number of aliphatic hydroxyl groups excluding tert-OH is 1. The molecule has 1 aliphatic heterocycles. The second kappa shape index (κ2) is 11.2. The molecule has 38 heavy (non-hydrogen) atoms. The zero-order valence-corrected chi connectivity index (χ0v) is 21.5. The number of phenols is 1. The lowest BCUT2D eigenvalue weighted by Gasteiger charge is -2.24. The average Bonchev–Trinajstić information content (AvgIpc) is 2.85. The maximum absolute atomic E-state index is 12.1. The lowest BCUT2D eigenvalue weighted by atomic mass is 9.89. The summed E-state index contributed by atoms with van der Waals surface area (Å²) >= 11 is 0. The molecule has 2 atom stereocenters. The molecule has 0 saturated heterocycles. The third-order valence-electron chi connectivity index (χ3n) is 6.28. The molecule has 0 aliphatic carbocycles. The first-order chi connectivity index (χ1) is 18.0. The predicted molar refractivity (Wildman–Crippen MR) is 143 cm³/mol. The summed E-state index contributed by atoms with van der Waals surface area (Å²) in [5.74, 6) is -2.10. The zero-order valence-electron chi connectivity index (χ0n) is 20.6. The first kappa shape index (κ1) is 27.1. The Morgan fingerprint density at radius 1 is 1.08 bits per heavy atom. The van der Waals surface area contributed by atoms with E-state index in [0.717, 1.165) is 28.5 Å². The monoisotopic (exact) mass is 539 g/mol. The van der Waals surface area contributed by atoms with Crippen molar-refractivity contribution < 1.29 is 33.3 Å². The molecule has 10 nitrogen and oxygen atoms in total. The van der Waals surface area contributed by atoms with Gasteiger partial charge in [-0.3, -0.25) is 14.3 Å². The van der Waals surface area contributed by atoms with E-state index < -0.39 is 28.0 Å². The Morgan fingerprint density at radius 3 is 2.47 bits per heavy atom. The van der Waals surface area contributed by atoms with E-state index in [0.29, 0.717) is 24.2 Å². The number of aliphatic hydroxyl groups is 1. The Kier molecular flexibility index (Phi) is 8.00. The number of fused-ring (bicyclic) bond motifs is 1. The number of hydrogen-bond donors (Lipinski definition) is 6. The number of nitrogens with one attached hydrogen (secondary N) is 3. The van der Waals surface area contributed by atoms with Gasteiger partial charge in [-0.25, -0.2) is 8.42 Å². The molecule has 0 aromatic heterocycles. The van der Waals surface area contributed by atoms with Crippen molar-refractivity contribution in [2.24, 2.45) is 5.92 Å². The van der Waals surface area contributed by atoms with E-state index in [-0.39, 0.29) is 30.3 Å². The summed E-state index contributed by atoms with van der Waals surface area (Å²) in [4.78, 5) is 23.2. The number of carbonyl (C=O) groups is 2. The molecule has 200 valence electrons. The molecule has 4 rings (SSSR count). The number of carboxylic acids is 1. The molecule has 1 unspecified atom stereocenters. The Labute approximate surface area is 220 Å². The summed E-state index contributed by atoms with van der Waals surface area (Å²) in [5, 5.41) is 35.4. The highest BCUT2D eigenvalue weighted by atomic mass is 32.2. The van der Waals surface area contributed by atoms with Gasteiger partial charge in [0.1, 0.15) is 5.75 Å². The fourth-order valence-corrected chi connectivity index (χ4v) is 4.92. The second-order valence-electron chi connectivity index (χ2n) is 9.35. The van der Waals surface area contributed by atoms with Crippen molar-refractivity contribution in [3.63, 3.8) is 0 Å². The normalized spacial score (nSPS) is 15.8. The van der Waals surface area contributed by atoms with Gasteiger partial charge >= 0.3 is 5.97 Å². The van der Waals surface area contributed by atoms with E-state index in [1.165, 1.54) is 18.2 Å². The van der Waals surface area contributed by atoms with Gasteiger partial charge in [0, 0.05) is 18.8 Å². The molecule has 0 radical (unpaired) electrons. The number of rotatable bonds is 10. The molecule has 3 aromatic rings. The van der Waals surface area contributed by atoms with E-state index in [9.17, 15) is 28.2 Å². The van der Waals surface area contributed by atoms with E-state index in [1.54, 1.807) is 0 Å². The SMILES string of the molecule is CS(=O)(=O)Nc1cc([C@H](O)CNCc2ccc(-c3ccc4c(c3)CC(CC(=O)O)C(=O)N4)cc2)ccc1O. The standard InChI is InChI=1S/C27H29N3O7S/c1-38(36,37)30-23-12-19(7-9-24(23)31)25(32)15-28-14-16-2-4-17(5-3-16)18-6-8-22-20(10-18)11-21(13-26(33)34)27(35)29-22/h2-10,12,21,25,28,30-32H,11,13-15H2,1H3,(H,29,35)(H,33,34)/t21?,25-/m1/s1. The fraction of sp³-hybridized carbons (Fsp3) is 0.259. The number of aromatic hydroxyl groups is 1. The van der Waals surface area contributed by atoms with E-state index in [1.807, 2.05) is 42.5 Å². The van der Waals surface area contributed by atoms with Crippen LogP contribution >= 0.6 is 0 Å². The van der Waals surface area contributed by atoms with Gasteiger partial charge < -0.3 is 26.0 Å². The summed E-state index contributed by atoms with van der Waals surface area (Å²) in [5.41, 5.74) is 4.96. The van der Waals surface area contributed by atoms with E-state index in [2.05, 4.69) is 15.4 Å². The Balaban J connectivity index is 1.36. The minimum absolute atomic E-state index is 0.00148. The average molecular weight is 540 g/mol. The van der Waals surface area contributed by atoms with Gasteiger partial charge in [-0.2, -0.15) is 0 Å². The van der Waals surface area contributed by atoms with Crippen molar-refractivity contribution in [1.82, 2.24) is 5.32 Å². The van der Waals surface area contributed by atoms with Crippen LogP contribution in [0.3, 0.4) is 0 Å². The summed E-state index contributed by atoms with van der Waals surface area (Å²) in [6, 6.07) is 17.8. The maximum Gasteiger partial charge on any atom is 0.304 e. The van der Waals surface area contributed by atoms with Gasteiger partial charge in [0.15, 0.2) is 0 Å². The first-order valence-corrected chi connectivity index (χ1v) is 13.8. The van der Waals surface area contributed by atoms with Crippen LogP contribution in [-0.2, 0) is 32.6 Å². The largest absolute Gasteiger partial charge is 0.506 e. The van der Waals surface area contributed by atoms with Crippen LogP contribution in [0.15, 0.2) is 60.7 Å². The first-order valence-electron chi connectivity index (χ1n) is 11.9. The predicted octanol–water partition coefficient (Wildman–Crippen LogP) is 2.84. The van der Waals surface area contributed by atoms with Crippen LogP contribution in [0.1, 0.15) is 29.2 Å². The quantitative estimate of drug-likeness (QED) is 0.214. The molecular weight excluding hydrogens is 510 g/mol. The number of carboxylic acid groups (broad SMARTS) is 1. The third kappa shape index (κ3) is 6.88. The summed E-state index contributed by atoms with van der Waals surface area (Å²) in [6.45, 7) is 0.690. The van der Waals surface area contributed by atoms with Gasteiger partial charge in [0.25, 0.3) is 0 Å². The zero-order chi connectivity index (χ0) is 27.4. The number of carbonyl (C=O) groups excluding carboxylic acids is 1. The Hall–Kier alpha value is -3.93. The number of sulfonamides is 1. The van der Waals surface area contributed by atoms with Gasteiger partial charge in [0.05, 0.1) is 30.4 Å². The van der Waals surface area contributed by atoms with Crippen LogP contribution in [0.4, 0.5) is 11.4 Å². The van der Waals surface area contributed by atoms with E-state index in [4.69, 9.17) is 5.11 Å². The van der Waals surface area contributed by atoms with Crippen LogP contribution in [0.2, 0.25) is 0 Å². The molecule has 0 saturated carbocycles. The minimum Gasteiger partial charge on any atom is -0.506 e. The van der Waals surface area contributed by atoms with Gasteiger partial charge in [-0.05, 0) is 58.5 Å². The van der Waals surface area contributed by atoms with Crippen LogP contribution < -0.4 is 15.4 Å². The van der Waals surface area contributed by atoms with Crippen molar-refractivity contribution in [2.75, 3.05) is 22.8 Å². The molecule has 0 spiro atoms. The minimum atomic E-state index is -3.58. The van der Waals surface area contributed by atoms with Crippen LogP contribution in [0.25, 0.3) is 11.1 Å².